The molecule has 0 saturated heterocycles. The topological polar surface area (TPSA) is 62.2 Å². The molecule has 0 aliphatic rings. The Morgan fingerprint density at radius 3 is 2.94 bits per heavy atom. The van der Waals surface area contributed by atoms with Crippen molar-refractivity contribution >= 4 is 22.4 Å². The SMILES string of the molecule is CC(O)c1csc(NC(=O)c2cccc(F)c2)n1. The van der Waals surface area contributed by atoms with E-state index >= 15 is 0 Å². The molecule has 18 heavy (non-hydrogen) atoms. The normalized spacial score (nSPS) is 12.2. The number of benzene rings is 1. The quantitative estimate of drug-likeness (QED) is 0.897. The van der Waals surface area contributed by atoms with Gasteiger partial charge in [-0.25, -0.2) is 9.37 Å². The van der Waals surface area contributed by atoms with E-state index in [1.165, 1.54) is 29.5 Å². The molecule has 0 bridgehead atoms. The number of anilines is 1. The van der Waals surface area contributed by atoms with E-state index in [0.29, 0.717) is 10.8 Å². The number of rotatable bonds is 3. The Balaban J connectivity index is 2.11. The van der Waals surface area contributed by atoms with Crippen LogP contribution >= 0.6 is 11.3 Å². The number of carbonyl (C=O) groups excluding carboxylic acids is 1. The third-order valence-electron chi connectivity index (χ3n) is 2.26. The highest BCUT2D eigenvalue weighted by Gasteiger charge is 2.11. The molecule has 0 radical (unpaired) electrons. The number of aromatic nitrogens is 1. The molecule has 6 heteroatoms. The molecule has 0 fully saturated rings. The minimum absolute atomic E-state index is 0.226. The third kappa shape index (κ3) is 2.91. The number of halogens is 1. The van der Waals surface area contributed by atoms with Gasteiger partial charge in [-0.3, -0.25) is 10.1 Å². The van der Waals surface area contributed by atoms with E-state index in [9.17, 15) is 14.3 Å². The lowest BCUT2D eigenvalue weighted by molar-refractivity contribution is 0.102. The molecule has 1 aromatic carbocycles. The van der Waals surface area contributed by atoms with Crippen LogP contribution in [0.4, 0.5) is 9.52 Å². The average molecular weight is 266 g/mol. The lowest BCUT2D eigenvalue weighted by Crippen LogP contribution is -2.12. The molecule has 4 nitrogen and oxygen atoms in total. The largest absolute Gasteiger partial charge is 0.387 e. The van der Waals surface area contributed by atoms with Crippen molar-refractivity contribution in [3.63, 3.8) is 0 Å². The molecule has 0 aliphatic carbocycles. The van der Waals surface area contributed by atoms with Gasteiger partial charge in [0.25, 0.3) is 5.91 Å². The summed E-state index contributed by atoms with van der Waals surface area (Å²) in [6, 6.07) is 5.40. The van der Waals surface area contributed by atoms with Crippen LogP contribution in [0.5, 0.6) is 0 Å². The fraction of sp³-hybridized carbons (Fsp3) is 0.167. The van der Waals surface area contributed by atoms with Gasteiger partial charge < -0.3 is 5.11 Å². The monoisotopic (exact) mass is 266 g/mol. The van der Waals surface area contributed by atoms with Crippen LogP contribution in [-0.2, 0) is 0 Å². The first-order valence-corrected chi connectivity index (χ1v) is 6.14. The maximum Gasteiger partial charge on any atom is 0.257 e. The summed E-state index contributed by atoms with van der Waals surface area (Å²) in [6.07, 6.45) is -0.680. The van der Waals surface area contributed by atoms with E-state index in [0.717, 1.165) is 6.07 Å². The van der Waals surface area contributed by atoms with Gasteiger partial charge in [0.1, 0.15) is 5.82 Å². The second kappa shape index (κ2) is 5.24. The summed E-state index contributed by atoms with van der Waals surface area (Å²) >= 11 is 1.21. The highest BCUT2D eigenvalue weighted by atomic mass is 32.1. The lowest BCUT2D eigenvalue weighted by atomic mass is 10.2. The van der Waals surface area contributed by atoms with Crippen molar-refractivity contribution in [2.45, 2.75) is 13.0 Å². The Kier molecular flexibility index (Phi) is 3.69. The molecule has 1 unspecified atom stereocenters. The fourth-order valence-corrected chi connectivity index (χ4v) is 2.13. The molecule has 0 spiro atoms. The van der Waals surface area contributed by atoms with Crippen molar-refractivity contribution in [3.05, 3.63) is 46.7 Å². The van der Waals surface area contributed by atoms with Gasteiger partial charge in [0, 0.05) is 10.9 Å². The van der Waals surface area contributed by atoms with Crippen molar-refractivity contribution < 1.29 is 14.3 Å². The third-order valence-corrected chi connectivity index (χ3v) is 3.03. The molecular weight excluding hydrogens is 255 g/mol. The zero-order valence-corrected chi connectivity index (χ0v) is 10.4. The van der Waals surface area contributed by atoms with Gasteiger partial charge in [0.2, 0.25) is 0 Å². The summed E-state index contributed by atoms with van der Waals surface area (Å²) in [6.45, 7) is 1.59. The van der Waals surface area contributed by atoms with Gasteiger partial charge in [0.05, 0.1) is 11.8 Å². The summed E-state index contributed by atoms with van der Waals surface area (Å²) in [7, 11) is 0. The predicted octanol–water partition coefficient (Wildman–Crippen LogP) is 2.59. The zero-order chi connectivity index (χ0) is 13.1. The first kappa shape index (κ1) is 12.7. The fourth-order valence-electron chi connectivity index (χ4n) is 1.33. The highest BCUT2D eigenvalue weighted by molar-refractivity contribution is 7.14. The van der Waals surface area contributed by atoms with E-state index in [2.05, 4.69) is 10.3 Å². The summed E-state index contributed by atoms with van der Waals surface area (Å²) in [5.41, 5.74) is 0.721. The van der Waals surface area contributed by atoms with E-state index in [1.54, 1.807) is 12.3 Å². The van der Waals surface area contributed by atoms with E-state index < -0.39 is 17.8 Å². The number of aliphatic hydroxyl groups excluding tert-OH is 1. The van der Waals surface area contributed by atoms with Crippen molar-refractivity contribution in [1.29, 1.82) is 0 Å². The van der Waals surface area contributed by atoms with Gasteiger partial charge in [-0.05, 0) is 25.1 Å². The van der Waals surface area contributed by atoms with E-state index in [1.807, 2.05) is 0 Å². The highest BCUT2D eigenvalue weighted by Crippen LogP contribution is 2.20. The molecule has 1 heterocycles. The molecule has 2 aromatic rings. The van der Waals surface area contributed by atoms with Gasteiger partial charge in [0.15, 0.2) is 5.13 Å². The number of nitrogens with zero attached hydrogens (tertiary/aromatic N) is 1. The molecule has 94 valence electrons. The smallest absolute Gasteiger partial charge is 0.257 e. The van der Waals surface area contributed by atoms with Crippen molar-refractivity contribution in [1.82, 2.24) is 4.98 Å². The predicted molar refractivity (Wildman–Crippen MR) is 67.1 cm³/mol. The van der Waals surface area contributed by atoms with Crippen LogP contribution in [0.1, 0.15) is 29.1 Å². The Hall–Kier alpha value is -1.79. The Morgan fingerprint density at radius 2 is 2.33 bits per heavy atom. The Labute approximate surface area is 107 Å². The van der Waals surface area contributed by atoms with Crippen molar-refractivity contribution in [2.24, 2.45) is 0 Å². The number of carbonyl (C=O) groups is 1. The number of hydrogen-bond acceptors (Lipinski definition) is 4. The van der Waals surface area contributed by atoms with Crippen molar-refractivity contribution in [3.8, 4) is 0 Å². The number of hydrogen-bond donors (Lipinski definition) is 2. The van der Waals surface area contributed by atoms with E-state index in [4.69, 9.17) is 0 Å². The molecule has 0 saturated carbocycles. The number of aliphatic hydroxyl groups is 1. The van der Waals surface area contributed by atoms with E-state index in [-0.39, 0.29) is 5.56 Å². The lowest BCUT2D eigenvalue weighted by Gasteiger charge is -2.01. The van der Waals surface area contributed by atoms with Gasteiger partial charge in [-0.2, -0.15) is 0 Å². The van der Waals surface area contributed by atoms with Crippen LogP contribution in [0.2, 0.25) is 0 Å². The molecule has 2 N–H and O–H groups in total. The minimum Gasteiger partial charge on any atom is -0.387 e. The van der Waals surface area contributed by atoms with Gasteiger partial charge >= 0.3 is 0 Å². The maximum atomic E-state index is 13.0. The maximum absolute atomic E-state index is 13.0. The average Bonchev–Trinajstić information content (AvgIpc) is 2.77. The van der Waals surface area contributed by atoms with Crippen LogP contribution in [0.25, 0.3) is 0 Å². The first-order valence-electron chi connectivity index (χ1n) is 5.26. The molecule has 1 aromatic heterocycles. The van der Waals surface area contributed by atoms with Crippen LogP contribution in [0.3, 0.4) is 0 Å². The number of nitrogens with one attached hydrogen (secondary N) is 1. The minimum atomic E-state index is -0.680. The Morgan fingerprint density at radius 1 is 1.56 bits per heavy atom. The summed E-state index contributed by atoms with van der Waals surface area (Å²) in [4.78, 5) is 15.8. The number of amides is 1. The zero-order valence-electron chi connectivity index (χ0n) is 9.55. The standard InChI is InChI=1S/C12H11FN2O2S/c1-7(16)10-6-18-12(14-10)15-11(17)8-3-2-4-9(13)5-8/h2-7,16H,1H3,(H,14,15,17). The second-order valence-corrected chi connectivity index (χ2v) is 4.58. The van der Waals surface area contributed by atoms with Gasteiger partial charge in [-0.15, -0.1) is 11.3 Å². The summed E-state index contributed by atoms with van der Waals surface area (Å²) < 4.78 is 13.0. The molecule has 2 rings (SSSR count). The number of thiazole rings is 1. The molecule has 0 aliphatic heterocycles. The summed E-state index contributed by atoms with van der Waals surface area (Å²) in [5, 5.41) is 13.9. The van der Waals surface area contributed by atoms with Gasteiger partial charge in [-0.1, -0.05) is 6.07 Å². The second-order valence-electron chi connectivity index (χ2n) is 3.72. The first-order chi connectivity index (χ1) is 8.56. The Bertz CT molecular complexity index is 569. The molecular formula is C12H11FN2O2S. The molecule has 1 atom stereocenters. The summed E-state index contributed by atoms with van der Waals surface area (Å²) in [5.74, 6) is -0.896. The van der Waals surface area contributed by atoms with Crippen LogP contribution < -0.4 is 5.32 Å². The van der Waals surface area contributed by atoms with Crippen LogP contribution in [-0.4, -0.2) is 16.0 Å². The van der Waals surface area contributed by atoms with Crippen LogP contribution in [0, 0.1) is 5.82 Å². The van der Waals surface area contributed by atoms with Crippen molar-refractivity contribution in [2.75, 3.05) is 5.32 Å². The molecule has 1 amide bonds. The van der Waals surface area contributed by atoms with Crippen LogP contribution in [0.15, 0.2) is 29.6 Å².